The number of nitrogens with zero attached hydrogens (tertiary/aromatic N) is 3. The topological polar surface area (TPSA) is 128 Å². The summed E-state index contributed by atoms with van der Waals surface area (Å²) in [4.78, 5) is 22.8. The van der Waals surface area contributed by atoms with Crippen LogP contribution in [-0.4, -0.2) is 32.1 Å². The molecule has 0 atom stereocenters. The summed E-state index contributed by atoms with van der Waals surface area (Å²) >= 11 is 0. The van der Waals surface area contributed by atoms with Crippen LogP contribution in [0.25, 0.3) is 6.08 Å². The Morgan fingerprint density at radius 3 is 2.37 bits per heavy atom. The lowest BCUT2D eigenvalue weighted by Crippen LogP contribution is -2.21. The van der Waals surface area contributed by atoms with Crippen LogP contribution in [0.1, 0.15) is 12.5 Å². The van der Waals surface area contributed by atoms with Gasteiger partial charge in [0.1, 0.15) is 0 Å². The molecule has 0 aromatic heterocycles. The number of carbonyl (C=O) groups excluding carboxylic acids is 1. The number of ether oxygens (including phenoxy) is 1. The number of nitro benzene ring substituents is 1. The lowest BCUT2D eigenvalue weighted by Gasteiger charge is -2.12. The van der Waals surface area contributed by atoms with Crippen molar-refractivity contribution in [2.45, 2.75) is 11.8 Å². The summed E-state index contributed by atoms with van der Waals surface area (Å²) in [6.45, 7) is 1.71. The third-order valence-electron chi connectivity index (χ3n) is 5.09. The molecule has 0 saturated heterocycles. The van der Waals surface area contributed by atoms with E-state index in [0.717, 1.165) is 12.1 Å². The fourth-order valence-corrected chi connectivity index (χ4v) is 4.53. The predicted molar refractivity (Wildman–Crippen MR) is 129 cm³/mol. The van der Waals surface area contributed by atoms with Crippen LogP contribution in [0.3, 0.4) is 0 Å². The third kappa shape index (κ3) is 4.75. The van der Waals surface area contributed by atoms with Crippen molar-refractivity contribution in [3.63, 3.8) is 0 Å². The zero-order chi connectivity index (χ0) is 25.2. The number of hydrazone groups is 1. The van der Waals surface area contributed by atoms with E-state index >= 15 is 0 Å². The van der Waals surface area contributed by atoms with E-state index < -0.39 is 25.6 Å². The van der Waals surface area contributed by atoms with Gasteiger partial charge in [-0.3, -0.25) is 14.9 Å². The van der Waals surface area contributed by atoms with Gasteiger partial charge in [0.05, 0.1) is 29.0 Å². The zero-order valence-electron chi connectivity index (χ0n) is 18.6. The molecule has 11 heteroatoms. The number of amides is 1. The van der Waals surface area contributed by atoms with Gasteiger partial charge in [-0.15, -0.1) is 0 Å². The van der Waals surface area contributed by atoms with E-state index in [1.54, 1.807) is 37.3 Å². The second-order valence-corrected chi connectivity index (χ2v) is 8.88. The molecule has 10 nitrogen and oxygen atoms in total. The van der Waals surface area contributed by atoms with Crippen LogP contribution < -0.4 is 13.9 Å². The molecule has 0 saturated carbocycles. The first-order chi connectivity index (χ1) is 16.7. The second-order valence-electron chi connectivity index (χ2n) is 7.37. The number of benzene rings is 3. The fourth-order valence-electron chi connectivity index (χ4n) is 3.42. The van der Waals surface area contributed by atoms with Gasteiger partial charge in [-0.1, -0.05) is 36.4 Å². The Kier molecular flexibility index (Phi) is 6.34. The highest BCUT2D eigenvalue weighted by molar-refractivity contribution is 7.87. The third-order valence-corrected chi connectivity index (χ3v) is 6.38. The zero-order valence-corrected chi connectivity index (χ0v) is 19.4. The molecular formula is C24H19N3O7S. The van der Waals surface area contributed by atoms with Crippen LogP contribution in [-0.2, 0) is 14.9 Å². The first kappa shape index (κ1) is 23.6. The minimum absolute atomic E-state index is 0.0569. The van der Waals surface area contributed by atoms with Gasteiger partial charge < -0.3 is 8.92 Å². The summed E-state index contributed by atoms with van der Waals surface area (Å²) in [6, 6.07) is 18.2. The van der Waals surface area contributed by atoms with Crippen molar-refractivity contribution < 1.29 is 27.1 Å². The van der Waals surface area contributed by atoms with Crippen LogP contribution in [0.4, 0.5) is 11.4 Å². The minimum Gasteiger partial charge on any atom is -0.493 e. The standard InChI is InChI=1S/C24H19N3O7S/c1-16-19(24(28)26(25-16)18-8-4-3-5-9-18)14-17-12-13-21(22(15-17)33-2)34-35(31,32)23-11-7-6-10-20(23)27(29)30/h3-15H,1-2H3/b19-14-. The lowest BCUT2D eigenvalue weighted by molar-refractivity contribution is -0.387. The Morgan fingerprint density at radius 1 is 1.00 bits per heavy atom. The van der Waals surface area contributed by atoms with Gasteiger partial charge in [0, 0.05) is 6.07 Å². The van der Waals surface area contributed by atoms with E-state index in [-0.39, 0.29) is 17.4 Å². The number of hydrogen-bond acceptors (Lipinski definition) is 8. The molecule has 0 N–H and O–H groups in total. The van der Waals surface area contributed by atoms with Crippen LogP contribution in [0, 0.1) is 10.1 Å². The Morgan fingerprint density at radius 2 is 1.69 bits per heavy atom. The van der Waals surface area contributed by atoms with Gasteiger partial charge >= 0.3 is 10.1 Å². The van der Waals surface area contributed by atoms with Gasteiger partial charge in [-0.05, 0) is 48.9 Å². The van der Waals surface area contributed by atoms with Gasteiger partial charge in [0.15, 0.2) is 16.4 Å². The molecule has 3 aromatic carbocycles. The number of nitro groups is 1. The molecule has 1 aliphatic heterocycles. The van der Waals surface area contributed by atoms with E-state index in [4.69, 9.17) is 8.92 Å². The van der Waals surface area contributed by atoms with Crippen molar-refractivity contribution in [1.29, 1.82) is 0 Å². The summed E-state index contributed by atoms with van der Waals surface area (Å²) in [5, 5.41) is 16.9. The number of methoxy groups -OCH3 is 1. The predicted octanol–water partition coefficient (Wildman–Crippen LogP) is 4.18. The summed E-state index contributed by atoms with van der Waals surface area (Å²) in [7, 11) is -3.21. The average Bonchev–Trinajstić information content (AvgIpc) is 3.13. The highest BCUT2D eigenvalue weighted by Gasteiger charge is 2.30. The average molecular weight is 493 g/mol. The largest absolute Gasteiger partial charge is 0.493 e. The highest BCUT2D eigenvalue weighted by atomic mass is 32.2. The van der Waals surface area contributed by atoms with Gasteiger partial charge in [-0.2, -0.15) is 18.5 Å². The van der Waals surface area contributed by atoms with E-state index in [1.165, 1.54) is 42.5 Å². The van der Waals surface area contributed by atoms with Gasteiger partial charge in [0.2, 0.25) is 0 Å². The first-order valence-electron chi connectivity index (χ1n) is 10.2. The minimum atomic E-state index is -4.53. The molecule has 0 bridgehead atoms. The molecule has 1 amide bonds. The van der Waals surface area contributed by atoms with E-state index in [2.05, 4.69) is 5.10 Å². The summed E-state index contributed by atoms with van der Waals surface area (Å²) in [6.07, 6.45) is 1.60. The smallest absolute Gasteiger partial charge is 0.346 e. The molecule has 0 radical (unpaired) electrons. The molecule has 0 aliphatic carbocycles. The van der Waals surface area contributed by atoms with Crippen LogP contribution >= 0.6 is 0 Å². The van der Waals surface area contributed by atoms with Crippen LogP contribution in [0.15, 0.2) is 88.4 Å². The molecule has 0 fully saturated rings. The van der Waals surface area contributed by atoms with Crippen molar-refractivity contribution >= 4 is 39.2 Å². The van der Waals surface area contributed by atoms with Crippen LogP contribution in [0.5, 0.6) is 11.5 Å². The monoisotopic (exact) mass is 493 g/mol. The lowest BCUT2D eigenvalue weighted by atomic mass is 10.1. The number of anilines is 1. The fraction of sp³-hybridized carbons (Fsp3) is 0.0833. The Balaban J connectivity index is 1.64. The maximum absolute atomic E-state index is 12.9. The SMILES string of the molecule is COc1cc(/C=C2\C(=O)N(c3ccccc3)N=C2C)ccc1OS(=O)(=O)c1ccccc1[N+](=O)[O-]. The molecular weight excluding hydrogens is 474 g/mol. The maximum atomic E-state index is 12.9. The molecule has 0 unspecified atom stereocenters. The maximum Gasteiger partial charge on any atom is 0.346 e. The van der Waals surface area contributed by atoms with Crippen molar-refractivity contribution in [3.05, 3.63) is 94.0 Å². The molecule has 4 rings (SSSR count). The van der Waals surface area contributed by atoms with Crippen molar-refractivity contribution in [1.82, 2.24) is 0 Å². The van der Waals surface area contributed by atoms with Crippen molar-refractivity contribution in [2.75, 3.05) is 12.1 Å². The van der Waals surface area contributed by atoms with E-state index in [0.29, 0.717) is 22.5 Å². The molecule has 35 heavy (non-hydrogen) atoms. The normalized spacial score (nSPS) is 14.7. The Bertz CT molecular complexity index is 1480. The first-order valence-corrected chi connectivity index (χ1v) is 11.6. The molecule has 3 aromatic rings. The highest BCUT2D eigenvalue weighted by Crippen LogP contribution is 2.34. The number of carbonyl (C=O) groups is 1. The molecule has 1 aliphatic rings. The number of hydrogen-bond donors (Lipinski definition) is 0. The summed E-state index contributed by atoms with van der Waals surface area (Å²) in [5.41, 5.74) is 1.42. The van der Waals surface area contributed by atoms with Crippen molar-refractivity contribution in [3.8, 4) is 11.5 Å². The Labute approximate surface area is 201 Å². The summed E-state index contributed by atoms with van der Waals surface area (Å²) < 4.78 is 36.0. The quantitative estimate of drug-likeness (QED) is 0.209. The molecule has 1 heterocycles. The number of para-hydroxylation sites is 2. The number of rotatable bonds is 7. The molecule has 178 valence electrons. The van der Waals surface area contributed by atoms with E-state index in [9.17, 15) is 23.3 Å². The van der Waals surface area contributed by atoms with Crippen LogP contribution in [0.2, 0.25) is 0 Å². The molecule has 0 spiro atoms. The van der Waals surface area contributed by atoms with Gasteiger partial charge in [0.25, 0.3) is 11.6 Å². The van der Waals surface area contributed by atoms with E-state index in [1.807, 2.05) is 6.07 Å². The Hall–Kier alpha value is -4.51. The summed E-state index contributed by atoms with van der Waals surface area (Å²) in [5.74, 6) is -0.421. The van der Waals surface area contributed by atoms with Gasteiger partial charge in [-0.25, -0.2) is 0 Å². The second kappa shape index (κ2) is 9.39. The van der Waals surface area contributed by atoms with Crippen molar-refractivity contribution in [2.24, 2.45) is 5.10 Å².